The maximum atomic E-state index is 11.5. The summed E-state index contributed by atoms with van der Waals surface area (Å²) in [6, 6.07) is 21.0. The molecule has 4 nitrogen and oxygen atoms in total. The molecule has 1 N–H and O–H groups in total. The van der Waals surface area contributed by atoms with Gasteiger partial charge in [-0.15, -0.1) is 0 Å². The first-order chi connectivity index (χ1) is 14.1. The quantitative estimate of drug-likeness (QED) is 0.425. The summed E-state index contributed by atoms with van der Waals surface area (Å²) in [6.07, 6.45) is 1.89. The summed E-state index contributed by atoms with van der Waals surface area (Å²) in [6.45, 7) is 2.83. The molecule has 0 radical (unpaired) electrons. The number of para-hydroxylation sites is 1. The van der Waals surface area contributed by atoms with Crippen LogP contribution < -0.4 is 0 Å². The largest absolute Gasteiger partial charge is 0.478 e. The van der Waals surface area contributed by atoms with Crippen molar-refractivity contribution >= 4 is 28.6 Å². The van der Waals surface area contributed by atoms with Crippen molar-refractivity contribution < 1.29 is 9.90 Å². The lowest BCUT2D eigenvalue weighted by Gasteiger charge is -2.11. The van der Waals surface area contributed by atoms with Crippen molar-refractivity contribution in [1.29, 1.82) is 0 Å². The van der Waals surface area contributed by atoms with E-state index in [9.17, 15) is 9.90 Å². The Hall–Kier alpha value is -3.11. The van der Waals surface area contributed by atoms with Crippen LogP contribution in [0.1, 0.15) is 35.1 Å². The molecule has 0 atom stereocenters. The highest BCUT2D eigenvalue weighted by Crippen LogP contribution is 2.27. The molecule has 4 aromatic rings. The van der Waals surface area contributed by atoms with Gasteiger partial charge in [0, 0.05) is 13.0 Å². The molecule has 1 heterocycles. The molecule has 29 heavy (non-hydrogen) atoms. The fourth-order valence-electron chi connectivity index (χ4n) is 3.65. The van der Waals surface area contributed by atoms with Gasteiger partial charge < -0.3 is 9.67 Å². The summed E-state index contributed by atoms with van der Waals surface area (Å²) in [5.41, 5.74) is 4.90. The second kappa shape index (κ2) is 8.10. The average Bonchev–Trinajstić information content (AvgIpc) is 3.07. The number of nitrogens with zero attached hydrogens (tertiary/aromatic N) is 2. The number of rotatable bonds is 6. The fourth-order valence-corrected chi connectivity index (χ4v) is 3.86. The van der Waals surface area contributed by atoms with E-state index in [-0.39, 0.29) is 0 Å². The molecule has 0 spiro atoms. The Morgan fingerprint density at radius 3 is 2.52 bits per heavy atom. The van der Waals surface area contributed by atoms with Gasteiger partial charge in [0.2, 0.25) is 0 Å². The van der Waals surface area contributed by atoms with Crippen LogP contribution >= 0.6 is 11.6 Å². The summed E-state index contributed by atoms with van der Waals surface area (Å²) in [5, 5.41) is 10.1. The number of aromatic carboxylic acids is 1. The zero-order chi connectivity index (χ0) is 20.4. The van der Waals surface area contributed by atoms with Gasteiger partial charge in [-0.3, -0.25) is 0 Å². The first-order valence-corrected chi connectivity index (χ1v) is 10.0. The number of carboxylic acid groups (broad SMARTS) is 1. The van der Waals surface area contributed by atoms with Gasteiger partial charge in [0.25, 0.3) is 0 Å². The molecule has 0 saturated carbocycles. The average molecular weight is 405 g/mol. The normalized spacial score (nSPS) is 11.1. The van der Waals surface area contributed by atoms with E-state index in [1.54, 1.807) is 12.1 Å². The number of carbonyl (C=O) groups is 1. The molecular formula is C24H21ClN2O2. The molecule has 0 saturated heterocycles. The Labute approximate surface area is 174 Å². The van der Waals surface area contributed by atoms with Gasteiger partial charge in [-0.1, -0.05) is 67.1 Å². The molecule has 5 heteroatoms. The second-order valence-electron chi connectivity index (χ2n) is 7.02. The van der Waals surface area contributed by atoms with Gasteiger partial charge in [0.1, 0.15) is 11.3 Å². The van der Waals surface area contributed by atoms with Gasteiger partial charge >= 0.3 is 5.97 Å². The number of aromatic nitrogens is 2. The van der Waals surface area contributed by atoms with Gasteiger partial charge in [0.15, 0.2) is 0 Å². The zero-order valence-electron chi connectivity index (χ0n) is 16.1. The number of hydrogen-bond acceptors (Lipinski definition) is 2. The van der Waals surface area contributed by atoms with Gasteiger partial charge in [-0.05, 0) is 41.3 Å². The second-order valence-corrected chi connectivity index (χ2v) is 7.43. The van der Waals surface area contributed by atoms with E-state index in [0.29, 0.717) is 17.1 Å². The van der Waals surface area contributed by atoms with Crippen LogP contribution in [0.2, 0.25) is 5.02 Å². The lowest BCUT2D eigenvalue weighted by atomic mass is 9.99. The Balaban J connectivity index is 1.69. The van der Waals surface area contributed by atoms with Crippen LogP contribution in [0.15, 0.2) is 66.7 Å². The minimum absolute atomic E-state index is 0.306. The van der Waals surface area contributed by atoms with E-state index >= 15 is 0 Å². The van der Waals surface area contributed by atoms with Crippen LogP contribution in [-0.2, 0) is 13.0 Å². The highest BCUT2D eigenvalue weighted by atomic mass is 35.5. The zero-order valence-corrected chi connectivity index (χ0v) is 16.9. The number of benzene rings is 3. The van der Waals surface area contributed by atoms with E-state index < -0.39 is 5.97 Å². The van der Waals surface area contributed by atoms with Crippen LogP contribution in [0.5, 0.6) is 0 Å². The molecule has 146 valence electrons. The number of halogens is 1. The van der Waals surface area contributed by atoms with Crippen LogP contribution in [0.4, 0.5) is 0 Å². The minimum atomic E-state index is -0.921. The fraction of sp³-hybridized carbons (Fsp3) is 0.167. The van der Waals surface area contributed by atoms with E-state index in [1.165, 1.54) is 0 Å². The lowest BCUT2D eigenvalue weighted by Crippen LogP contribution is -2.05. The maximum Gasteiger partial charge on any atom is 0.336 e. The molecule has 0 unspecified atom stereocenters. The smallest absolute Gasteiger partial charge is 0.336 e. The highest BCUT2D eigenvalue weighted by molar-refractivity contribution is 6.34. The molecule has 4 rings (SSSR count). The number of aryl methyl sites for hydroxylation is 1. The molecule has 0 amide bonds. The van der Waals surface area contributed by atoms with Crippen molar-refractivity contribution in [2.24, 2.45) is 0 Å². The highest BCUT2D eigenvalue weighted by Gasteiger charge is 2.14. The number of hydrogen-bond donors (Lipinski definition) is 1. The van der Waals surface area contributed by atoms with Crippen LogP contribution in [0.3, 0.4) is 0 Å². The first kappa shape index (κ1) is 19.2. The van der Waals surface area contributed by atoms with Crippen molar-refractivity contribution in [3.63, 3.8) is 0 Å². The van der Waals surface area contributed by atoms with Crippen LogP contribution in [-0.4, -0.2) is 20.6 Å². The molecule has 0 aliphatic rings. The van der Waals surface area contributed by atoms with Crippen molar-refractivity contribution in [2.75, 3.05) is 0 Å². The van der Waals surface area contributed by atoms with Crippen molar-refractivity contribution in [3.8, 4) is 11.1 Å². The number of imidazole rings is 1. The van der Waals surface area contributed by atoms with Crippen LogP contribution in [0.25, 0.3) is 22.2 Å². The standard InChI is InChI=1S/C24H21ClN2O2/c1-2-6-22-26-23-20(25)9-5-10-21(23)27(22)15-16-11-13-17(14-12-16)18-7-3-4-8-19(18)24(28)29/h3-5,7-14H,2,6,15H2,1H3,(H,28,29). The van der Waals surface area contributed by atoms with Gasteiger partial charge in [-0.2, -0.15) is 0 Å². The van der Waals surface area contributed by atoms with E-state index in [0.717, 1.165) is 46.4 Å². The lowest BCUT2D eigenvalue weighted by molar-refractivity contribution is 0.0697. The molecule has 0 aliphatic carbocycles. The predicted octanol–water partition coefficient (Wildman–Crippen LogP) is 6.06. The van der Waals surface area contributed by atoms with Crippen LogP contribution in [0, 0.1) is 0 Å². The topological polar surface area (TPSA) is 55.1 Å². The summed E-state index contributed by atoms with van der Waals surface area (Å²) in [5.74, 6) is 0.103. The summed E-state index contributed by atoms with van der Waals surface area (Å²) >= 11 is 6.35. The number of carboxylic acids is 1. The number of fused-ring (bicyclic) bond motifs is 1. The third-order valence-corrected chi connectivity index (χ3v) is 5.35. The molecule has 0 fully saturated rings. The Morgan fingerprint density at radius 1 is 1.03 bits per heavy atom. The van der Waals surface area contributed by atoms with Crippen molar-refractivity contribution in [1.82, 2.24) is 9.55 Å². The van der Waals surface area contributed by atoms with E-state index in [1.807, 2.05) is 54.6 Å². The van der Waals surface area contributed by atoms with E-state index in [2.05, 4.69) is 11.5 Å². The maximum absolute atomic E-state index is 11.5. The molecular weight excluding hydrogens is 384 g/mol. The molecule has 1 aromatic heterocycles. The Bertz CT molecular complexity index is 1180. The van der Waals surface area contributed by atoms with E-state index in [4.69, 9.17) is 16.6 Å². The summed E-state index contributed by atoms with van der Waals surface area (Å²) in [7, 11) is 0. The van der Waals surface area contributed by atoms with Crippen molar-refractivity contribution in [2.45, 2.75) is 26.3 Å². The molecule has 0 aliphatic heterocycles. The Morgan fingerprint density at radius 2 is 1.79 bits per heavy atom. The van der Waals surface area contributed by atoms with Gasteiger partial charge in [-0.25, -0.2) is 9.78 Å². The third-order valence-electron chi connectivity index (χ3n) is 5.05. The summed E-state index contributed by atoms with van der Waals surface area (Å²) in [4.78, 5) is 16.3. The monoisotopic (exact) mass is 404 g/mol. The minimum Gasteiger partial charge on any atom is -0.478 e. The third kappa shape index (κ3) is 3.76. The SMILES string of the molecule is CCCc1nc2c(Cl)cccc2n1Cc1ccc(-c2ccccc2C(=O)O)cc1. The Kier molecular flexibility index (Phi) is 5.36. The molecule has 3 aromatic carbocycles. The molecule has 0 bridgehead atoms. The summed E-state index contributed by atoms with van der Waals surface area (Å²) < 4.78 is 2.21. The van der Waals surface area contributed by atoms with Gasteiger partial charge in [0.05, 0.1) is 16.1 Å². The van der Waals surface area contributed by atoms with Crippen molar-refractivity contribution in [3.05, 3.63) is 88.7 Å². The predicted molar refractivity (Wildman–Crippen MR) is 117 cm³/mol. The first-order valence-electron chi connectivity index (χ1n) is 9.63.